The lowest BCUT2D eigenvalue weighted by atomic mass is 10.1. The van der Waals surface area contributed by atoms with Crippen LogP contribution in [-0.2, 0) is 15.9 Å². The highest BCUT2D eigenvalue weighted by Gasteiger charge is 2.06. The molecule has 0 fully saturated rings. The third kappa shape index (κ3) is 8.93. The van der Waals surface area contributed by atoms with Crippen molar-refractivity contribution in [1.82, 2.24) is 0 Å². The summed E-state index contributed by atoms with van der Waals surface area (Å²) >= 11 is 1.83. The van der Waals surface area contributed by atoms with Crippen LogP contribution >= 0.6 is 20.6 Å². The van der Waals surface area contributed by atoms with E-state index in [4.69, 9.17) is 9.47 Å². The summed E-state index contributed by atoms with van der Waals surface area (Å²) in [7, 11) is 2.84. The van der Waals surface area contributed by atoms with Crippen LogP contribution in [-0.4, -0.2) is 19.5 Å². The highest BCUT2D eigenvalue weighted by Crippen LogP contribution is 2.14. The molecule has 0 aliphatic heterocycles. The molecule has 0 radical (unpaired) electrons. The van der Waals surface area contributed by atoms with Gasteiger partial charge in [0.1, 0.15) is 0 Å². The first-order valence-electron chi connectivity index (χ1n) is 8.33. The Kier molecular flexibility index (Phi) is 11.4. The van der Waals surface area contributed by atoms with Gasteiger partial charge < -0.3 is 9.47 Å². The maximum Gasteiger partial charge on any atom is 0.157 e. The van der Waals surface area contributed by atoms with Crippen molar-refractivity contribution in [2.75, 3.05) is 13.2 Å². The Hall–Kier alpha value is 0.0500. The average molecular weight is 330 g/mol. The lowest BCUT2D eigenvalue weighted by Gasteiger charge is -2.16. The highest BCUT2D eigenvalue weighted by atomic mass is 32.1. The number of ether oxygens (including phenoxy) is 2. The van der Waals surface area contributed by atoms with E-state index in [1.165, 1.54) is 55.1 Å². The van der Waals surface area contributed by atoms with Crippen molar-refractivity contribution in [3.05, 3.63) is 17.0 Å². The molecule has 0 aliphatic carbocycles. The number of unbranched alkanes of at least 4 members (excludes halogenated alkanes) is 5. The lowest BCUT2D eigenvalue weighted by molar-refractivity contribution is -0.140. The minimum atomic E-state index is 0.0130. The van der Waals surface area contributed by atoms with Crippen LogP contribution in [0.3, 0.4) is 0 Å². The Morgan fingerprint density at radius 3 is 2.19 bits per heavy atom. The molecule has 1 aromatic heterocycles. The van der Waals surface area contributed by atoms with E-state index in [9.17, 15) is 0 Å². The van der Waals surface area contributed by atoms with Gasteiger partial charge in [-0.1, -0.05) is 34.9 Å². The van der Waals surface area contributed by atoms with Gasteiger partial charge in [-0.15, -0.1) is 11.3 Å². The minimum absolute atomic E-state index is 0.0130. The first-order valence-corrected chi connectivity index (χ1v) is 9.78. The molecular formula is C17H31O2PS. The molecule has 0 aromatic carbocycles. The fraction of sp³-hybridized carbons (Fsp3) is 0.765. The smallest absolute Gasteiger partial charge is 0.157 e. The van der Waals surface area contributed by atoms with E-state index in [1.54, 1.807) is 0 Å². The zero-order valence-electron chi connectivity index (χ0n) is 13.6. The zero-order valence-corrected chi connectivity index (χ0v) is 15.6. The van der Waals surface area contributed by atoms with Crippen LogP contribution in [0.15, 0.2) is 11.4 Å². The lowest BCUT2D eigenvalue weighted by Crippen LogP contribution is -2.17. The summed E-state index contributed by atoms with van der Waals surface area (Å²) in [5.74, 6) is 0. The molecule has 0 aliphatic rings. The van der Waals surface area contributed by atoms with Gasteiger partial charge in [-0.25, -0.2) is 0 Å². The summed E-state index contributed by atoms with van der Waals surface area (Å²) in [6, 6.07) is 2.26. The van der Waals surface area contributed by atoms with Crippen molar-refractivity contribution in [2.45, 2.75) is 71.5 Å². The van der Waals surface area contributed by atoms with Crippen LogP contribution in [0.2, 0.25) is 0 Å². The molecule has 1 atom stereocenters. The second kappa shape index (κ2) is 12.6. The van der Waals surface area contributed by atoms with Gasteiger partial charge in [-0.3, -0.25) is 0 Å². The Balaban J connectivity index is 1.93. The van der Waals surface area contributed by atoms with Crippen LogP contribution in [0.4, 0.5) is 0 Å². The van der Waals surface area contributed by atoms with E-state index in [0.717, 1.165) is 19.6 Å². The monoisotopic (exact) mass is 330 g/mol. The van der Waals surface area contributed by atoms with Crippen LogP contribution in [0, 0.1) is 0 Å². The third-order valence-electron chi connectivity index (χ3n) is 3.62. The second-order valence-electron chi connectivity index (χ2n) is 5.31. The molecule has 1 unspecified atom stereocenters. The van der Waals surface area contributed by atoms with E-state index in [0.29, 0.717) is 0 Å². The molecule has 0 saturated heterocycles. The normalized spacial score (nSPS) is 11.4. The molecule has 0 spiro atoms. The van der Waals surface area contributed by atoms with Crippen molar-refractivity contribution >= 4 is 25.2 Å². The summed E-state index contributed by atoms with van der Waals surface area (Å²) < 4.78 is 12.5. The highest BCUT2D eigenvalue weighted by molar-refractivity contribution is 7.43. The molecule has 4 heteroatoms. The van der Waals surface area contributed by atoms with Gasteiger partial charge in [0.25, 0.3) is 0 Å². The molecule has 1 heterocycles. The molecule has 0 N–H and O–H groups in total. The quantitative estimate of drug-likeness (QED) is 0.290. The van der Waals surface area contributed by atoms with Crippen LogP contribution in [0.25, 0.3) is 0 Å². The van der Waals surface area contributed by atoms with Crippen molar-refractivity contribution in [3.63, 3.8) is 0 Å². The van der Waals surface area contributed by atoms with Crippen LogP contribution < -0.4 is 4.62 Å². The number of hydrogen-bond donors (Lipinski definition) is 0. The van der Waals surface area contributed by atoms with E-state index in [-0.39, 0.29) is 6.29 Å². The Bertz CT molecular complexity index is 348. The molecule has 1 aromatic rings. The SMILES string of the molecule is CCOC(CCCCCCCCc1ccsc1P)OCC. The number of thiophene rings is 1. The van der Waals surface area contributed by atoms with E-state index in [2.05, 4.69) is 20.7 Å². The third-order valence-corrected chi connectivity index (χ3v) is 5.19. The van der Waals surface area contributed by atoms with E-state index in [1.807, 2.05) is 25.2 Å². The van der Waals surface area contributed by atoms with Gasteiger partial charge in [0.2, 0.25) is 0 Å². The van der Waals surface area contributed by atoms with Gasteiger partial charge >= 0.3 is 0 Å². The second-order valence-corrected chi connectivity index (χ2v) is 7.25. The maximum absolute atomic E-state index is 5.56. The maximum atomic E-state index is 5.56. The van der Waals surface area contributed by atoms with E-state index < -0.39 is 0 Å². The average Bonchev–Trinajstić information content (AvgIpc) is 2.87. The summed E-state index contributed by atoms with van der Waals surface area (Å²) in [6.45, 7) is 5.54. The molecule has 21 heavy (non-hydrogen) atoms. The number of hydrogen-bond acceptors (Lipinski definition) is 3. The zero-order chi connectivity index (χ0) is 15.3. The molecular weight excluding hydrogens is 299 g/mol. The van der Waals surface area contributed by atoms with Gasteiger partial charge in [-0.05, 0) is 56.5 Å². The van der Waals surface area contributed by atoms with Crippen LogP contribution in [0.5, 0.6) is 0 Å². The van der Waals surface area contributed by atoms with Gasteiger partial charge in [0, 0.05) is 17.8 Å². The van der Waals surface area contributed by atoms with Gasteiger partial charge in [0.05, 0.1) is 0 Å². The van der Waals surface area contributed by atoms with E-state index >= 15 is 0 Å². The molecule has 0 saturated carbocycles. The van der Waals surface area contributed by atoms with Crippen LogP contribution in [0.1, 0.15) is 64.4 Å². The minimum Gasteiger partial charge on any atom is -0.353 e. The molecule has 0 amide bonds. The number of aryl methyl sites for hydroxylation is 1. The first-order chi connectivity index (χ1) is 10.3. The fourth-order valence-corrected chi connectivity index (χ4v) is 3.65. The Morgan fingerprint density at radius 2 is 1.62 bits per heavy atom. The Labute approximate surface area is 136 Å². The summed E-state index contributed by atoms with van der Waals surface area (Å²) in [6.07, 6.45) is 10.1. The van der Waals surface area contributed by atoms with Gasteiger partial charge in [-0.2, -0.15) is 0 Å². The van der Waals surface area contributed by atoms with Crippen molar-refractivity contribution in [1.29, 1.82) is 0 Å². The standard InChI is InChI=1S/C17H31O2PS/c1-3-18-16(19-4-2)12-10-8-6-5-7-9-11-15-13-14-21-17(15)20/h13-14,16H,3-12,20H2,1-2H3. The molecule has 2 nitrogen and oxygen atoms in total. The van der Waals surface area contributed by atoms with Crippen molar-refractivity contribution < 1.29 is 9.47 Å². The number of rotatable bonds is 13. The summed E-state index contributed by atoms with van der Waals surface area (Å²) in [5, 5.41) is 2.19. The summed E-state index contributed by atoms with van der Waals surface area (Å²) in [4.78, 5) is 0. The van der Waals surface area contributed by atoms with Gasteiger partial charge in [0.15, 0.2) is 6.29 Å². The first kappa shape index (κ1) is 19.1. The summed E-state index contributed by atoms with van der Waals surface area (Å²) in [5.41, 5.74) is 1.52. The molecule has 122 valence electrons. The fourth-order valence-electron chi connectivity index (χ4n) is 2.47. The molecule has 0 bridgehead atoms. The predicted molar refractivity (Wildman–Crippen MR) is 96.7 cm³/mol. The largest absolute Gasteiger partial charge is 0.353 e. The predicted octanol–water partition coefficient (Wildman–Crippen LogP) is 4.92. The topological polar surface area (TPSA) is 18.5 Å². The van der Waals surface area contributed by atoms with Crippen molar-refractivity contribution in [3.8, 4) is 0 Å². The Morgan fingerprint density at radius 1 is 1.00 bits per heavy atom. The van der Waals surface area contributed by atoms with Crippen molar-refractivity contribution in [2.24, 2.45) is 0 Å². The molecule has 1 rings (SSSR count).